The van der Waals surface area contributed by atoms with Crippen molar-refractivity contribution in [2.45, 2.75) is 50.9 Å². The summed E-state index contributed by atoms with van der Waals surface area (Å²) in [6.45, 7) is 4.68. The molecule has 0 heteroatoms. The standard InChI is InChI=1S/C35H34/c1-3-30-32-13-6-7-14-33(32)34-22-21-29(23-35(30)34)27-19-17-26(18-20-27)25-10-8-11-28-9-4-5-12-31(28)24(2)15-16-25/h4-10,12-14,16-24,30,32-33H,3,11,15H2,1-2H3/b10-8-,25-16+. The number of fused-ring (bicyclic) bond motifs is 4. The molecule has 6 rings (SSSR count). The van der Waals surface area contributed by atoms with E-state index in [1.165, 1.54) is 45.4 Å². The molecule has 0 heterocycles. The minimum atomic E-state index is 0.534. The van der Waals surface area contributed by atoms with Crippen molar-refractivity contribution < 1.29 is 0 Å². The van der Waals surface area contributed by atoms with Crippen molar-refractivity contribution in [1.82, 2.24) is 0 Å². The third-order valence-corrected chi connectivity index (χ3v) is 8.39. The number of hydrogen-bond donors (Lipinski definition) is 0. The van der Waals surface area contributed by atoms with Gasteiger partial charge in [-0.2, -0.15) is 0 Å². The van der Waals surface area contributed by atoms with Crippen molar-refractivity contribution in [1.29, 1.82) is 0 Å². The lowest BCUT2D eigenvalue weighted by molar-refractivity contribution is 0.499. The number of allylic oxidation sites excluding steroid dienone is 8. The molecule has 3 aromatic rings. The molecule has 0 fully saturated rings. The van der Waals surface area contributed by atoms with Crippen LogP contribution < -0.4 is 0 Å². The lowest BCUT2D eigenvalue weighted by Gasteiger charge is -2.21. The van der Waals surface area contributed by atoms with Crippen molar-refractivity contribution >= 4 is 5.57 Å². The Hall–Kier alpha value is -3.38. The highest BCUT2D eigenvalue weighted by Crippen LogP contribution is 2.51. The average Bonchev–Trinajstić information content (AvgIpc) is 3.26. The van der Waals surface area contributed by atoms with E-state index < -0.39 is 0 Å². The molecule has 3 aliphatic rings. The first-order chi connectivity index (χ1) is 17.2. The van der Waals surface area contributed by atoms with Crippen molar-refractivity contribution in [3.63, 3.8) is 0 Å². The zero-order valence-electron chi connectivity index (χ0n) is 20.8. The van der Waals surface area contributed by atoms with Crippen LogP contribution in [-0.2, 0) is 6.42 Å². The molecule has 0 N–H and O–H groups in total. The molecule has 0 spiro atoms. The number of benzene rings is 3. The average molecular weight is 455 g/mol. The normalized spacial score (nSPS) is 27.0. The molecular formula is C35H34. The molecule has 0 bridgehead atoms. The second-order valence-electron chi connectivity index (χ2n) is 10.4. The lowest BCUT2D eigenvalue weighted by atomic mass is 9.83. The summed E-state index contributed by atoms with van der Waals surface area (Å²) in [7, 11) is 0. The Morgan fingerprint density at radius 3 is 2.40 bits per heavy atom. The van der Waals surface area contributed by atoms with Gasteiger partial charge < -0.3 is 0 Å². The third kappa shape index (κ3) is 4.06. The summed E-state index contributed by atoms with van der Waals surface area (Å²) < 4.78 is 0. The summed E-state index contributed by atoms with van der Waals surface area (Å²) in [6, 6.07) is 25.3. The van der Waals surface area contributed by atoms with Crippen LogP contribution in [0, 0.1) is 5.92 Å². The predicted molar refractivity (Wildman–Crippen MR) is 150 cm³/mol. The first-order valence-corrected chi connectivity index (χ1v) is 13.3. The summed E-state index contributed by atoms with van der Waals surface area (Å²) in [4.78, 5) is 0. The smallest absolute Gasteiger partial charge is 0.00927 e. The van der Waals surface area contributed by atoms with E-state index in [0.717, 1.165) is 12.8 Å². The van der Waals surface area contributed by atoms with E-state index in [1.54, 1.807) is 5.56 Å². The maximum absolute atomic E-state index is 2.47. The van der Waals surface area contributed by atoms with Crippen molar-refractivity contribution in [3.8, 4) is 11.1 Å². The molecule has 0 aromatic heterocycles. The molecule has 0 amide bonds. The van der Waals surface area contributed by atoms with Gasteiger partial charge in [-0.3, -0.25) is 0 Å². The monoisotopic (exact) mass is 454 g/mol. The van der Waals surface area contributed by atoms with Gasteiger partial charge in [-0.1, -0.05) is 123 Å². The van der Waals surface area contributed by atoms with Crippen molar-refractivity contribution in [3.05, 3.63) is 137 Å². The summed E-state index contributed by atoms with van der Waals surface area (Å²) in [5.41, 5.74) is 11.3. The van der Waals surface area contributed by atoms with Crippen molar-refractivity contribution in [2.75, 3.05) is 0 Å². The van der Waals surface area contributed by atoms with Gasteiger partial charge in [-0.15, -0.1) is 0 Å². The van der Waals surface area contributed by atoms with Crippen LogP contribution in [0.15, 0.2) is 109 Å². The second-order valence-corrected chi connectivity index (χ2v) is 10.4. The van der Waals surface area contributed by atoms with Gasteiger partial charge in [0, 0.05) is 5.92 Å². The Kier molecular flexibility index (Phi) is 5.90. The molecule has 0 saturated carbocycles. The maximum atomic E-state index is 2.47. The molecule has 4 atom stereocenters. The SMILES string of the molecule is CCC1c2cc(-c3ccc(C4=C/CC(C)c5ccccc5C/C=C\4)cc3)ccc2C2C=CC=CC21. The highest BCUT2D eigenvalue weighted by molar-refractivity contribution is 5.77. The Morgan fingerprint density at radius 2 is 1.54 bits per heavy atom. The third-order valence-electron chi connectivity index (χ3n) is 8.39. The molecule has 3 aromatic carbocycles. The molecule has 174 valence electrons. The van der Waals surface area contributed by atoms with Crippen LogP contribution in [0.25, 0.3) is 16.7 Å². The van der Waals surface area contributed by atoms with E-state index in [0.29, 0.717) is 23.7 Å². The summed E-state index contributed by atoms with van der Waals surface area (Å²) >= 11 is 0. The summed E-state index contributed by atoms with van der Waals surface area (Å²) in [5.74, 6) is 2.32. The molecule has 0 aliphatic heterocycles. The van der Waals surface area contributed by atoms with Crippen molar-refractivity contribution in [2.24, 2.45) is 5.92 Å². The molecule has 4 unspecified atom stereocenters. The minimum Gasteiger partial charge on any atom is -0.0799 e. The van der Waals surface area contributed by atoms with Gasteiger partial charge >= 0.3 is 0 Å². The fourth-order valence-electron chi connectivity index (χ4n) is 6.48. The Bertz CT molecular complexity index is 1350. The number of hydrogen-bond acceptors (Lipinski definition) is 0. The molecule has 0 radical (unpaired) electrons. The molecule has 0 saturated heterocycles. The fraction of sp³-hybridized carbons (Fsp3) is 0.257. The van der Waals surface area contributed by atoms with Gasteiger partial charge in [0.1, 0.15) is 0 Å². The predicted octanol–water partition coefficient (Wildman–Crippen LogP) is 9.38. The van der Waals surface area contributed by atoms with Gasteiger partial charge in [0.2, 0.25) is 0 Å². The molecule has 3 aliphatic carbocycles. The Labute approximate surface area is 210 Å². The topological polar surface area (TPSA) is 0 Å². The Balaban J connectivity index is 1.27. The first kappa shape index (κ1) is 22.1. The molecule has 0 nitrogen and oxygen atoms in total. The summed E-state index contributed by atoms with van der Waals surface area (Å²) in [5, 5.41) is 0. The van der Waals surface area contributed by atoms with E-state index in [2.05, 4.69) is 123 Å². The van der Waals surface area contributed by atoms with E-state index >= 15 is 0 Å². The van der Waals surface area contributed by atoms with E-state index in [4.69, 9.17) is 0 Å². The fourth-order valence-corrected chi connectivity index (χ4v) is 6.48. The van der Waals surface area contributed by atoms with Gasteiger partial charge in [0.15, 0.2) is 0 Å². The zero-order chi connectivity index (χ0) is 23.8. The Morgan fingerprint density at radius 1 is 0.771 bits per heavy atom. The van der Waals surface area contributed by atoms with E-state index in [-0.39, 0.29) is 0 Å². The van der Waals surface area contributed by atoms with Crippen LogP contribution in [0.3, 0.4) is 0 Å². The van der Waals surface area contributed by atoms with Crippen LogP contribution >= 0.6 is 0 Å². The van der Waals surface area contributed by atoms with Crippen LogP contribution in [0.1, 0.15) is 72.3 Å². The quantitative estimate of drug-likeness (QED) is 0.370. The van der Waals surface area contributed by atoms with Gasteiger partial charge in [-0.25, -0.2) is 0 Å². The first-order valence-electron chi connectivity index (χ1n) is 13.3. The largest absolute Gasteiger partial charge is 0.0799 e. The van der Waals surface area contributed by atoms with Gasteiger partial charge in [0.25, 0.3) is 0 Å². The highest BCUT2D eigenvalue weighted by atomic mass is 14.4. The maximum Gasteiger partial charge on any atom is 0.00927 e. The van der Waals surface area contributed by atoms with E-state index in [1.807, 2.05) is 0 Å². The van der Waals surface area contributed by atoms with E-state index in [9.17, 15) is 0 Å². The van der Waals surface area contributed by atoms with Gasteiger partial charge in [0.05, 0.1) is 0 Å². The zero-order valence-corrected chi connectivity index (χ0v) is 20.8. The van der Waals surface area contributed by atoms with Crippen LogP contribution in [-0.4, -0.2) is 0 Å². The highest BCUT2D eigenvalue weighted by Gasteiger charge is 2.37. The van der Waals surface area contributed by atoms with Gasteiger partial charge in [-0.05, 0) is 81.5 Å². The summed E-state index contributed by atoms with van der Waals surface area (Å²) in [6.07, 6.45) is 19.6. The lowest BCUT2D eigenvalue weighted by Crippen LogP contribution is -2.09. The number of rotatable bonds is 3. The molecular weight excluding hydrogens is 420 g/mol. The van der Waals surface area contributed by atoms with Crippen LogP contribution in [0.5, 0.6) is 0 Å². The molecule has 35 heavy (non-hydrogen) atoms. The second kappa shape index (κ2) is 9.34. The van der Waals surface area contributed by atoms with Crippen LogP contribution in [0.4, 0.5) is 0 Å². The van der Waals surface area contributed by atoms with Crippen LogP contribution in [0.2, 0.25) is 0 Å². The minimum absolute atomic E-state index is 0.534.